The molecule has 0 amide bonds. The fourth-order valence-electron chi connectivity index (χ4n) is 3.98. The van der Waals surface area contributed by atoms with E-state index in [1.54, 1.807) is 17.1 Å². The number of ether oxygens (including phenoxy) is 1. The van der Waals surface area contributed by atoms with Crippen molar-refractivity contribution in [2.45, 2.75) is 51.0 Å². The molecule has 3 heterocycles. The Hall–Kier alpha value is -3.60. The van der Waals surface area contributed by atoms with Gasteiger partial charge in [0.05, 0.1) is 41.3 Å². The van der Waals surface area contributed by atoms with E-state index in [0.29, 0.717) is 17.5 Å². The lowest BCUT2D eigenvalue weighted by molar-refractivity contribution is 0.347. The summed E-state index contributed by atoms with van der Waals surface area (Å²) in [6.45, 7) is 6.39. The highest BCUT2D eigenvalue weighted by Crippen LogP contribution is 2.50. The van der Waals surface area contributed by atoms with Gasteiger partial charge in [0.15, 0.2) is 0 Å². The van der Waals surface area contributed by atoms with Gasteiger partial charge in [-0.15, -0.1) is 5.10 Å². The maximum atomic E-state index is 9.93. The standard InChI is InChI=1S/C22H23N7O/c1-22(2,3)19-18-17(13-4-6-14(7-5-13)28-11-10-25-27-28)16(12-23)20(24)30-21(18)29(26-19)15-8-9-15/h4-7,10-11,15,17H,8-9,24H2,1-3H3. The summed E-state index contributed by atoms with van der Waals surface area (Å²) < 4.78 is 9.65. The van der Waals surface area contributed by atoms with Gasteiger partial charge in [0.1, 0.15) is 11.6 Å². The van der Waals surface area contributed by atoms with Crippen LogP contribution in [0.1, 0.15) is 62.4 Å². The normalized spacial score (nSPS) is 18.7. The zero-order valence-corrected chi connectivity index (χ0v) is 17.2. The lowest BCUT2D eigenvalue weighted by Crippen LogP contribution is -2.24. The molecule has 1 atom stereocenters. The molecule has 8 nitrogen and oxygen atoms in total. The molecule has 152 valence electrons. The molecule has 1 aliphatic carbocycles. The molecule has 1 aliphatic heterocycles. The average Bonchev–Trinajstić information content (AvgIpc) is 3.25. The summed E-state index contributed by atoms with van der Waals surface area (Å²) in [7, 11) is 0. The molecule has 5 rings (SSSR count). The van der Waals surface area contributed by atoms with Crippen LogP contribution >= 0.6 is 0 Å². The fraction of sp³-hybridized carbons (Fsp3) is 0.364. The predicted molar refractivity (Wildman–Crippen MR) is 110 cm³/mol. The highest BCUT2D eigenvalue weighted by molar-refractivity contribution is 5.57. The molecule has 30 heavy (non-hydrogen) atoms. The Balaban J connectivity index is 1.69. The predicted octanol–water partition coefficient (Wildman–Crippen LogP) is 3.31. The number of nitrogens with zero attached hydrogens (tertiary/aromatic N) is 6. The van der Waals surface area contributed by atoms with Gasteiger partial charge in [-0.05, 0) is 30.5 Å². The van der Waals surface area contributed by atoms with Crippen LogP contribution < -0.4 is 10.5 Å². The second-order valence-electron chi connectivity index (χ2n) is 8.86. The summed E-state index contributed by atoms with van der Waals surface area (Å²) in [6.07, 6.45) is 5.58. The molecular formula is C22H23N7O. The lowest BCUT2D eigenvalue weighted by Gasteiger charge is -2.27. The zero-order chi connectivity index (χ0) is 21.0. The Kier molecular flexibility index (Phi) is 3.97. The summed E-state index contributed by atoms with van der Waals surface area (Å²) in [5.41, 5.74) is 10.2. The van der Waals surface area contributed by atoms with Gasteiger partial charge in [-0.1, -0.05) is 38.1 Å². The fourth-order valence-corrected chi connectivity index (χ4v) is 3.98. The SMILES string of the molecule is CC(C)(C)c1nn(C2CC2)c2c1C(c1ccc(-n3ccnn3)cc1)C(C#N)=C(N)O2. The van der Waals surface area contributed by atoms with Crippen molar-refractivity contribution in [3.63, 3.8) is 0 Å². The first-order chi connectivity index (χ1) is 14.4. The Bertz CT molecular complexity index is 1170. The third-order valence-electron chi connectivity index (χ3n) is 5.59. The van der Waals surface area contributed by atoms with Crippen molar-refractivity contribution in [1.29, 1.82) is 5.26 Å². The molecule has 2 aromatic heterocycles. The van der Waals surface area contributed by atoms with Crippen molar-refractivity contribution < 1.29 is 4.74 Å². The summed E-state index contributed by atoms with van der Waals surface area (Å²) >= 11 is 0. The van der Waals surface area contributed by atoms with Crippen LogP contribution in [0.3, 0.4) is 0 Å². The third-order valence-corrected chi connectivity index (χ3v) is 5.59. The Morgan fingerprint density at radius 3 is 2.50 bits per heavy atom. The van der Waals surface area contributed by atoms with Crippen molar-refractivity contribution >= 4 is 0 Å². The average molecular weight is 401 g/mol. The van der Waals surface area contributed by atoms with E-state index in [-0.39, 0.29) is 17.2 Å². The number of rotatable bonds is 3. The van der Waals surface area contributed by atoms with E-state index >= 15 is 0 Å². The minimum absolute atomic E-state index is 0.151. The molecule has 8 heteroatoms. The summed E-state index contributed by atoms with van der Waals surface area (Å²) in [5.74, 6) is 0.493. The molecular weight excluding hydrogens is 378 g/mol. The van der Waals surface area contributed by atoms with Gasteiger partial charge in [-0.25, -0.2) is 9.36 Å². The third kappa shape index (κ3) is 2.86. The van der Waals surface area contributed by atoms with Crippen LogP contribution in [-0.2, 0) is 5.41 Å². The summed E-state index contributed by atoms with van der Waals surface area (Å²) in [4.78, 5) is 0. The minimum atomic E-state index is -0.328. The van der Waals surface area contributed by atoms with Crippen molar-refractivity contribution in [3.05, 3.63) is 64.9 Å². The van der Waals surface area contributed by atoms with Crippen molar-refractivity contribution in [2.75, 3.05) is 0 Å². The summed E-state index contributed by atoms with van der Waals surface area (Å²) in [6, 6.07) is 10.6. The van der Waals surface area contributed by atoms with E-state index in [1.807, 2.05) is 28.9 Å². The minimum Gasteiger partial charge on any atom is -0.422 e. The quantitative estimate of drug-likeness (QED) is 0.721. The lowest BCUT2D eigenvalue weighted by atomic mass is 9.79. The first-order valence-corrected chi connectivity index (χ1v) is 10.1. The van der Waals surface area contributed by atoms with Gasteiger partial charge < -0.3 is 10.5 Å². The second kappa shape index (κ2) is 6.46. The van der Waals surface area contributed by atoms with Gasteiger partial charge in [0.25, 0.3) is 0 Å². The Morgan fingerprint density at radius 2 is 1.93 bits per heavy atom. The van der Waals surface area contributed by atoms with Crippen molar-refractivity contribution in [2.24, 2.45) is 5.73 Å². The van der Waals surface area contributed by atoms with E-state index in [1.165, 1.54) is 0 Å². The van der Waals surface area contributed by atoms with Crippen LogP contribution in [0.25, 0.3) is 5.69 Å². The first-order valence-electron chi connectivity index (χ1n) is 10.1. The molecule has 3 aromatic rings. The molecule has 1 saturated carbocycles. The van der Waals surface area contributed by atoms with Gasteiger partial charge in [0, 0.05) is 5.41 Å². The molecule has 0 spiro atoms. The number of fused-ring (bicyclic) bond motifs is 1. The van der Waals surface area contributed by atoms with E-state index in [9.17, 15) is 5.26 Å². The Labute approximate surface area is 174 Å². The molecule has 1 unspecified atom stereocenters. The van der Waals surface area contributed by atoms with Crippen molar-refractivity contribution in [1.82, 2.24) is 24.8 Å². The van der Waals surface area contributed by atoms with E-state index in [2.05, 4.69) is 37.2 Å². The maximum Gasteiger partial charge on any atom is 0.224 e. The van der Waals surface area contributed by atoms with Crippen LogP contribution in [0.15, 0.2) is 48.1 Å². The van der Waals surface area contributed by atoms with E-state index < -0.39 is 0 Å². The number of nitrogens with two attached hydrogens (primary N) is 1. The first kappa shape index (κ1) is 18.4. The topological polar surface area (TPSA) is 108 Å². The van der Waals surface area contributed by atoms with Crippen LogP contribution in [-0.4, -0.2) is 24.8 Å². The van der Waals surface area contributed by atoms with Gasteiger partial charge in [-0.3, -0.25) is 0 Å². The second-order valence-corrected chi connectivity index (χ2v) is 8.86. The Morgan fingerprint density at radius 1 is 1.20 bits per heavy atom. The van der Waals surface area contributed by atoms with E-state index in [4.69, 9.17) is 15.6 Å². The van der Waals surface area contributed by atoms with Gasteiger partial charge >= 0.3 is 0 Å². The highest BCUT2D eigenvalue weighted by Gasteiger charge is 2.42. The number of benzene rings is 1. The molecule has 2 aliphatic rings. The molecule has 0 radical (unpaired) electrons. The zero-order valence-electron chi connectivity index (χ0n) is 17.2. The molecule has 0 saturated heterocycles. The van der Waals surface area contributed by atoms with Crippen LogP contribution in [0, 0.1) is 11.3 Å². The molecule has 0 bridgehead atoms. The molecule has 1 fully saturated rings. The number of allylic oxidation sites excluding steroid dienone is 1. The molecule has 2 N–H and O–H groups in total. The largest absolute Gasteiger partial charge is 0.422 e. The van der Waals surface area contributed by atoms with Crippen LogP contribution in [0.4, 0.5) is 0 Å². The molecule has 1 aromatic carbocycles. The number of hydrogen-bond donors (Lipinski definition) is 1. The smallest absolute Gasteiger partial charge is 0.224 e. The maximum absolute atomic E-state index is 9.93. The summed E-state index contributed by atoms with van der Waals surface area (Å²) in [5, 5.41) is 22.8. The monoisotopic (exact) mass is 401 g/mol. The number of hydrogen-bond acceptors (Lipinski definition) is 6. The van der Waals surface area contributed by atoms with Gasteiger partial charge in [0.2, 0.25) is 11.8 Å². The van der Waals surface area contributed by atoms with Gasteiger partial charge in [-0.2, -0.15) is 10.4 Å². The van der Waals surface area contributed by atoms with Crippen molar-refractivity contribution in [3.8, 4) is 17.6 Å². The van der Waals surface area contributed by atoms with E-state index in [0.717, 1.165) is 35.3 Å². The van der Waals surface area contributed by atoms with Crippen LogP contribution in [0.5, 0.6) is 5.88 Å². The highest BCUT2D eigenvalue weighted by atomic mass is 16.5. The number of aromatic nitrogens is 5. The number of nitriles is 1. The van der Waals surface area contributed by atoms with Crippen LogP contribution in [0.2, 0.25) is 0 Å².